The minimum absolute atomic E-state index is 0.132. The van der Waals surface area contributed by atoms with Gasteiger partial charge < -0.3 is 25.7 Å². The van der Waals surface area contributed by atoms with Gasteiger partial charge in [0.05, 0.1) is 25.3 Å². The molecule has 1 aromatic carbocycles. The van der Waals surface area contributed by atoms with E-state index in [4.69, 9.17) is 4.74 Å². The fraction of sp³-hybridized carbons (Fsp3) is 0.500. The molecule has 4 rings (SSSR count). The summed E-state index contributed by atoms with van der Waals surface area (Å²) in [6, 6.07) is 9.34. The van der Waals surface area contributed by atoms with Gasteiger partial charge in [-0.05, 0) is 49.8 Å². The standard InChI is InChI=1S/C26H30N6O4/c1-36-23-6-2-5-19-18(23)12-22(30-19)26(35)32-21(10-15-7-8-15)25(34)31-20(17(13-27)14-28)11-16-4-3-9-29-24(16)33/h2,5-6,12,15-17,20-21,30H,3-4,7-11H2,1H3,(H,29,33)(H,31,34)(H,32,35)/t16-,20-,21-/m0/s1. The van der Waals surface area contributed by atoms with Gasteiger partial charge in [0.25, 0.3) is 5.91 Å². The van der Waals surface area contributed by atoms with Crippen LogP contribution in [0.1, 0.15) is 49.0 Å². The van der Waals surface area contributed by atoms with E-state index in [1.54, 1.807) is 19.2 Å². The van der Waals surface area contributed by atoms with Crippen LogP contribution in [0.15, 0.2) is 24.3 Å². The number of nitriles is 2. The molecule has 4 N–H and O–H groups in total. The molecule has 2 aromatic rings. The summed E-state index contributed by atoms with van der Waals surface area (Å²) in [5, 5.41) is 28.2. The number of hydrogen-bond donors (Lipinski definition) is 4. The van der Waals surface area contributed by atoms with E-state index in [-0.39, 0.29) is 18.2 Å². The molecule has 1 saturated carbocycles. The lowest BCUT2D eigenvalue weighted by molar-refractivity contribution is -0.128. The first kappa shape index (κ1) is 25.1. The van der Waals surface area contributed by atoms with Crippen LogP contribution in [0.25, 0.3) is 10.9 Å². The van der Waals surface area contributed by atoms with Gasteiger partial charge in [-0.25, -0.2) is 0 Å². The van der Waals surface area contributed by atoms with Gasteiger partial charge in [0.15, 0.2) is 5.92 Å². The minimum atomic E-state index is -1.11. The molecule has 3 amide bonds. The molecule has 0 bridgehead atoms. The van der Waals surface area contributed by atoms with Crippen molar-refractivity contribution in [3.05, 3.63) is 30.0 Å². The first-order chi connectivity index (χ1) is 17.4. The zero-order valence-corrected chi connectivity index (χ0v) is 20.2. The van der Waals surface area contributed by atoms with Crippen molar-refractivity contribution in [2.75, 3.05) is 13.7 Å². The van der Waals surface area contributed by atoms with E-state index < -0.39 is 29.8 Å². The number of methoxy groups -OCH3 is 1. The number of aromatic nitrogens is 1. The molecule has 1 aromatic heterocycles. The molecule has 3 atom stereocenters. The Bertz CT molecular complexity index is 1210. The van der Waals surface area contributed by atoms with Gasteiger partial charge >= 0.3 is 0 Å². The van der Waals surface area contributed by atoms with Crippen LogP contribution in [0.4, 0.5) is 0 Å². The molecule has 10 heteroatoms. The fourth-order valence-corrected chi connectivity index (χ4v) is 4.72. The Morgan fingerprint density at radius 2 is 1.94 bits per heavy atom. The molecule has 1 saturated heterocycles. The highest BCUT2D eigenvalue weighted by Crippen LogP contribution is 2.34. The number of carbonyl (C=O) groups excluding carboxylic acids is 3. The summed E-state index contributed by atoms with van der Waals surface area (Å²) in [7, 11) is 1.56. The zero-order chi connectivity index (χ0) is 25.7. The summed E-state index contributed by atoms with van der Waals surface area (Å²) in [6.45, 7) is 0.599. The van der Waals surface area contributed by atoms with Gasteiger partial charge in [0, 0.05) is 23.4 Å². The van der Waals surface area contributed by atoms with E-state index in [0.29, 0.717) is 36.7 Å². The first-order valence-electron chi connectivity index (χ1n) is 12.3. The van der Waals surface area contributed by atoms with E-state index in [2.05, 4.69) is 20.9 Å². The summed E-state index contributed by atoms with van der Waals surface area (Å²) in [4.78, 5) is 41.8. The van der Waals surface area contributed by atoms with Gasteiger partial charge in [-0.2, -0.15) is 10.5 Å². The third-order valence-electron chi connectivity index (χ3n) is 6.92. The minimum Gasteiger partial charge on any atom is -0.496 e. The van der Waals surface area contributed by atoms with E-state index in [1.165, 1.54) is 0 Å². The lowest BCUT2D eigenvalue weighted by atomic mass is 9.87. The van der Waals surface area contributed by atoms with Crippen molar-refractivity contribution < 1.29 is 19.1 Å². The molecular weight excluding hydrogens is 460 g/mol. The lowest BCUT2D eigenvalue weighted by Gasteiger charge is -2.28. The van der Waals surface area contributed by atoms with Gasteiger partial charge in [-0.15, -0.1) is 0 Å². The van der Waals surface area contributed by atoms with Crippen LogP contribution in [0, 0.1) is 40.4 Å². The number of ether oxygens (including phenoxy) is 1. The molecule has 188 valence electrons. The number of amides is 3. The Morgan fingerprint density at radius 1 is 1.17 bits per heavy atom. The molecule has 0 radical (unpaired) electrons. The van der Waals surface area contributed by atoms with E-state index >= 15 is 0 Å². The molecule has 1 aliphatic carbocycles. The van der Waals surface area contributed by atoms with Crippen molar-refractivity contribution in [3.63, 3.8) is 0 Å². The Hall–Kier alpha value is -4.05. The van der Waals surface area contributed by atoms with Crippen LogP contribution in [-0.4, -0.2) is 48.4 Å². The maximum Gasteiger partial charge on any atom is 0.268 e. The number of aromatic amines is 1. The van der Waals surface area contributed by atoms with Crippen molar-refractivity contribution in [2.24, 2.45) is 17.8 Å². The van der Waals surface area contributed by atoms with Crippen molar-refractivity contribution in [2.45, 2.75) is 50.6 Å². The Kier molecular flexibility index (Phi) is 7.74. The predicted octanol–water partition coefficient (Wildman–Crippen LogP) is 2.14. The molecule has 0 unspecified atom stereocenters. The SMILES string of the molecule is COc1cccc2[nH]c(C(=O)N[C@@H](CC3CC3)C(=O)N[C@@H](C[C@@H]3CCCNC3=O)C(C#N)C#N)cc12. The second kappa shape index (κ2) is 11.1. The topological polar surface area (TPSA) is 160 Å². The molecule has 2 aliphatic rings. The molecule has 0 spiro atoms. The second-order valence-electron chi connectivity index (χ2n) is 9.53. The molecule has 2 fully saturated rings. The van der Waals surface area contributed by atoms with Crippen molar-refractivity contribution in [1.82, 2.24) is 20.9 Å². The van der Waals surface area contributed by atoms with E-state index in [1.807, 2.05) is 24.3 Å². The summed E-state index contributed by atoms with van der Waals surface area (Å²) in [6.07, 6.45) is 4.04. The number of nitrogens with zero attached hydrogens (tertiary/aromatic N) is 2. The molecule has 10 nitrogen and oxygen atoms in total. The Balaban J connectivity index is 1.50. The fourth-order valence-electron chi connectivity index (χ4n) is 4.72. The number of benzene rings is 1. The number of carbonyl (C=O) groups is 3. The third-order valence-corrected chi connectivity index (χ3v) is 6.92. The Labute approximate surface area is 209 Å². The first-order valence-corrected chi connectivity index (χ1v) is 12.3. The average Bonchev–Trinajstić information content (AvgIpc) is 3.59. The summed E-state index contributed by atoms with van der Waals surface area (Å²) in [5.41, 5.74) is 1.03. The van der Waals surface area contributed by atoms with Crippen molar-refractivity contribution in [1.29, 1.82) is 10.5 Å². The number of fused-ring (bicyclic) bond motifs is 1. The molecule has 1 aliphatic heterocycles. The highest BCUT2D eigenvalue weighted by molar-refractivity contribution is 6.01. The highest BCUT2D eigenvalue weighted by Gasteiger charge is 2.35. The predicted molar refractivity (Wildman–Crippen MR) is 130 cm³/mol. The summed E-state index contributed by atoms with van der Waals surface area (Å²) >= 11 is 0. The molecule has 36 heavy (non-hydrogen) atoms. The molecular formula is C26H30N6O4. The second-order valence-corrected chi connectivity index (χ2v) is 9.53. The zero-order valence-electron chi connectivity index (χ0n) is 20.2. The monoisotopic (exact) mass is 490 g/mol. The van der Waals surface area contributed by atoms with Crippen LogP contribution in [0.3, 0.4) is 0 Å². The van der Waals surface area contributed by atoms with Crippen LogP contribution in [-0.2, 0) is 9.59 Å². The third kappa shape index (κ3) is 5.77. The number of piperidine rings is 1. The molecule has 2 heterocycles. The van der Waals surface area contributed by atoms with E-state index in [0.717, 1.165) is 30.2 Å². The normalized spacial score (nSPS) is 19.0. The maximum atomic E-state index is 13.3. The van der Waals surface area contributed by atoms with E-state index in [9.17, 15) is 24.9 Å². The smallest absolute Gasteiger partial charge is 0.268 e. The van der Waals surface area contributed by atoms with Crippen LogP contribution in [0.2, 0.25) is 0 Å². The highest BCUT2D eigenvalue weighted by atomic mass is 16.5. The summed E-state index contributed by atoms with van der Waals surface area (Å²) < 4.78 is 5.36. The lowest BCUT2D eigenvalue weighted by Crippen LogP contribution is -2.52. The Morgan fingerprint density at radius 3 is 2.61 bits per heavy atom. The van der Waals surface area contributed by atoms with Crippen LogP contribution < -0.4 is 20.7 Å². The number of nitrogens with one attached hydrogen (secondary N) is 4. The number of hydrogen-bond acceptors (Lipinski definition) is 6. The van der Waals surface area contributed by atoms with Crippen LogP contribution >= 0.6 is 0 Å². The quantitative estimate of drug-likeness (QED) is 0.399. The van der Waals surface area contributed by atoms with Gasteiger partial charge in [-0.1, -0.05) is 18.9 Å². The van der Waals surface area contributed by atoms with Gasteiger partial charge in [-0.3, -0.25) is 14.4 Å². The van der Waals surface area contributed by atoms with Gasteiger partial charge in [0.2, 0.25) is 11.8 Å². The number of H-pyrrole nitrogens is 1. The maximum absolute atomic E-state index is 13.3. The number of rotatable bonds is 10. The summed E-state index contributed by atoms with van der Waals surface area (Å²) in [5.74, 6) is -1.56. The largest absolute Gasteiger partial charge is 0.496 e. The van der Waals surface area contributed by atoms with Gasteiger partial charge in [0.1, 0.15) is 17.5 Å². The average molecular weight is 491 g/mol. The van der Waals surface area contributed by atoms with Crippen molar-refractivity contribution >= 4 is 28.6 Å². The van der Waals surface area contributed by atoms with Crippen LogP contribution in [0.5, 0.6) is 5.75 Å². The van der Waals surface area contributed by atoms with Crippen molar-refractivity contribution in [3.8, 4) is 17.9 Å².